The Morgan fingerprint density at radius 3 is 2.71 bits per heavy atom. The second-order valence-electron chi connectivity index (χ2n) is 5.24. The maximum atomic E-state index is 9.06. The maximum absolute atomic E-state index is 9.06. The van der Waals surface area contributed by atoms with Crippen LogP contribution in [0, 0.1) is 11.3 Å². The van der Waals surface area contributed by atoms with E-state index in [1.165, 1.54) is 0 Å². The van der Waals surface area contributed by atoms with E-state index in [1.807, 2.05) is 36.4 Å². The monoisotopic (exact) mass is 328 g/mol. The largest absolute Gasteiger partial charge is 0.340 e. The van der Waals surface area contributed by atoms with Crippen molar-refractivity contribution in [3.63, 3.8) is 0 Å². The molecule has 2 aromatic heterocycles. The second kappa shape index (κ2) is 6.11. The number of fused-ring (bicyclic) bond motifs is 1. The molecule has 0 unspecified atom stereocenters. The molecule has 2 heterocycles. The van der Waals surface area contributed by atoms with Crippen molar-refractivity contribution in [3.05, 3.63) is 71.9 Å². The maximum Gasteiger partial charge on any atom is 0.143 e. The topological polar surface area (TPSA) is 61.6 Å². The molecule has 2 aromatic carbocycles. The standard InChI is InChI=1S/C19H12N4S/c20-10-13-5-4-8-15(9-13)23-18-17-16(14-6-2-1-3-7-14)11-24-19(17)22-12-21-18/h1-9,11-12H,(H,21,22,23). The van der Waals surface area contributed by atoms with Crippen molar-refractivity contribution in [1.82, 2.24) is 9.97 Å². The van der Waals surface area contributed by atoms with Crippen molar-refractivity contribution in [2.24, 2.45) is 0 Å². The van der Waals surface area contributed by atoms with Crippen LogP contribution in [0.5, 0.6) is 0 Å². The number of anilines is 2. The minimum atomic E-state index is 0.610. The molecule has 4 aromatic rings. The summed E-state index contributed by atoms with van der Waals surface area (Å²) in [5.74, 6) is 0.746. The lowest BCUT2D eigenvalue weighted by Gasteiger charge is -2.08. The average Bonchev–Trinajstić information content (AvgIpc) is 3.08. The number of hydrogen-bond acceptors (Lipinski definition) is 5. The van der Waals surface area contributed by atoms with Gasteiger partial charge in [-0.05, 0) is 23.8 Å². The molecule has 1 N–H and O–H groups in total. The molecule has 0 atom stereocenters. The first-order valence-corrected chi connectivity index (χ1v) is 8.28. The van der Waals surface area contributed by atoms with Gasteiger partial charge in [0.1, 0.15) is 17.0 Å². The molecule has 24 heavy (non-hydrogen) atoms. The van der Waals surface area contributed by atoms with E-state index >= 15 is 0 Å². The molecule has 0 radical (unpaired) electrons. The number of thiophene rings is 1. The molecule has 0 amide bonds. The fourth-order valence-corrected chi connectivity index (χ4v) is 3.52. The normalized spacial score (nSPS) is 10.5. The van der Waals surface area contributed by atoms with Crippen molar-refractivity contribution < 1.29 is 0 Å². The van der Waals surface area contributed by atoms with Crippen molar-refractivity contribution in [1.29, 1.82) is 5.26 Å². The van der Waals surface area contributed by atoms with E-state index in [9.17, 15) is 0 Å². The lowest BCUT2D eigenvalue weighted by molar-refractivity contribution is 1.23. The second-order valence-corrected chi connectivity index (χ2v) is 6.09. The minimum absolute atomic E-state index is 0.610. The third-order valence-corrected chi connectivity index (χ3v) is 4.60. The van der Waals surface area contributed by atoms with E-state index in [0.29, 0.717) is 5.56 Å². The predicted molar refractivity (Wildman–Crippen MR) is 97.3 cm³/mol. The third kappa shape index (κ3) is 2.60. The Kier molecular flexibility index (Phi) is 3.66. The zero-order chi connectivity index (χ0) is 16.4. The van der Waals surface area contributed by atoms with E-state index in [-0.39, 0.29) is 0 Å². The zero-order valence-electron chi connectivity index (χ0n) is 12.6. The number of nitrogens with zero attached hydrogens (tertiary/aromatic N) is 3. The summed E-state index contributed by atoms with van der Waals surface area (Å²) in [5.41, 5.74) is 3.68. The van der Waals surface area contributed by atoms with Crippen LogP contribution >= 0.6 is 11.3 Å². The average molecular weight is 328 g/mol. The van der Waals surface area contributed by atoms with Gasteiger partial charge in [0, 0.05) is 16.6 Å². The fraction of sp³-hybridized carbons (Fsp3) is 0. The van der Waals surface area contributed by atoms with E-state index in [2.05, 4.69) is 38.9 Å². The highest BCUT2D eigenvalue weighted by Gasteiger charge is 2.13. The first-order chi connectivity index (χ1) is 11.8. The number of hydrogen-bond donors (Lipinski definition) is 1. The van der Waals surface area contributed by atoms with Crippen molar-refractivity contribution in [2.75, 3.05) is 5.32 Å². The number of rotatable bonds is 3. The van der Waals surface area contributed by atoms with Crippen molar-refractivity contribution in [2.45, 2.75) is 0 Å². The summed E-state index contributed by atoms with van der Waals surface area (Å²) < 4.78 is 0. The Bertz CT molecular complexity index is 1050. The Labute approximate surface area is 143 Å². The van der Waals surface area contributed by atoms with Crippen LogP contribution in [0.4, 0.5) is 11.5 Å². The molecule has 114 valence electrons. The molecule has 0 fully saturated rings. The van der Waals surface area contributed by atoms with Crippen LogP contribution < -0.4 is 5.32 Å². The number of nitrogens with one attached hydrogen (secondary N) is 1. The molecule has 0 spiro atoms. The molecule has 4 rings (SSSR count). The van der Waals surface area contributed by atoms with Gasteiger partial charge in [0.05, 0.1) is 17.0 Å². The molecule has 0 bridgehead atoms. The Morgan fingerprint density at radius 1 is 1.00 bits per heavy atom. The Morgan fingerprint density at radius 2 is 1.88 bits per heavy atom. The molecule has 0 aliphatic rings. The molecule has 4 nitrogen and oxygen atoms in total. The molecule has 0 saturated heterocycles. The summed E-state index contributed by atoms with van der Waals surface area (Å²) in [6.45, 7) is 0. The van der Waals surface area contributed by atoms with Crippen LogP contribution in [0.1, 0.15) is 5.56 Å². The Hall–Kier alpha value is -3.23. The molecular weight excluding hydrogens is 316 g/mol. The van der Waals surface area contributed by atoms with Gasteiger partial charge in [-0.15, -0.1) is 11.3 Å². The van der Waals surface area contributed by atoms with E-state index < -0.39 is 0 Å². The molecular formula is C19H12N4S. The van der Waals surface area contributed by atoms with E-state index in [4.69, 9.17) is 5.26 Å². The molecule has 5 heteroatoms. The van der Waals surface area contributed by atoms with Gasteiger partial charge in [-0.25, -0.2) is 9.97 Å². The van der Waals surface area contributed by atoms with Crippen molar-refractivity contribution >= 4 is 33.1 Å². The van der Waals surface area contributed by atoms with Crippen LogP contribution in [0.2, 0.25) is 0 Å². The summed E-state index contributed by atoms with van der Waals surface area (Å²) in [5, 5.41) is 15.5. The minimum Gasteiger partial charge on any atom is -0.340 e. The van der Waals surface area contributed by atoms with Crippen LogP contribution in [-0.2, 0) is 0 Å². The quantitative estimate of drug-likeness (QED) is 0.576. The van der Waals surface area contributed by atoms with Crippen LogP contribution in [0.15, 0.2) is 66.3 Å². The summed E-state index contributed by atoms with van der Waals surface area (Å²) in [4.78, 5) is 9.73. The van der Waals surface area contributed by atoms with Crippen molar-refractivity contribution in [3.8, 4) is 17.2 Å². The number of aromatic nitrogens is 2. The summed E-state index contributed by atoms with van der Waals surface area (Å²) in [6, 6.07) is 19.7. The summed E-state index contributed by atoms with van der Waals surface area (Å²) in [6.07, 6.45) is 1.56. The Balaban J connectivity index is 1.84. The SMILES string of the molecule is N#Cc1cccc(Nc2ncnc3scc(-c4ccccc4)c23)c1. The van der Waals surface area contributed by atoms with Crippen LogP contribution in [0.25, 0.3) is 21.3 Å². The van der Waals surface area contributed by atoms with Gasteiger partial charge in [0.2, 0.25) is 0 Å². The molecule has 0 saturated carbocycles. The fourth-order valence-electron chi connectivity index (χ4n) is 2.60. The van der Waals surface area contributed by atoms with E-state index in [0.717, 1.165) is 32.8 Å². The first-order valence-electron chi connectivity index (χ1n) is 7.40. The van der Waals surface area contributed by atoms with Crippen LogP contribution in [-0.4, -0.2) is 9.97 Å². The van der Waals surface area contributed by atoms with Gasteiger partial charge in [0.25, 0.3) is 0 Å². The van der Waals surface area contributed by atoms with Crippen LogP contribution in [0.3, 0.4) is 0 Å². The third-order valence-electron chi connectivity index (χ3n) is 3.71. The van der Waals surface area contributed by atoms with Gasteiger partial charge >= 0.3 is 0 Å². The number of benzene rings is 2. The van der Waals surface area contributed by atoms with Gasteiger partial charge in [-0.3, -0.25) is 0 Å². The van der Waals surface area contributed by atoms with Gasteiger partial charge in [-0.1, -0.05) is 36.4 Å². The van der Waals surface area contributed by atoms with Gasteiger partial charge < -0.3 is 5.32 Å². The lowest BCUT2D eigenvalue weighted by atomic mass is 10.1. The molecule has 0 aliphatic carbocycles. The predicted octanol–water partition coefficient (Wildman–Crippen LogP) is 4.97. The highest BCUT2D eigenvalue weighted by atomic mass is 32.1. The van der Waals surface area contributed by atoms with Gasteiger partial charge in [0.15, 0.2) is 0 Å². The summed E-state index contributed by atoms with van der Waals surface area (Å²) >= 11 is 1.60. The lowest BCUT2D eigenvalue weighted by Crippen LogP contribution is -1.95. The van der Waals surface area contributed by atoms with Gasteiger partial charge in [-0.2, -0.15) is 5.26 Å². The molecule has 0 aliphatic heterocycles. The highest BCUT2D eigenvalue weighted by molar-refractivity contribution is 7.17. The van der Waals surface area contributed by atoms with E-state index in [1.54, 1.807) is 23.7 Å². The number of nitriles is 1. The zero-order valence-corrected chi connectivity index (χ0v) is 13.4. The highest BCUT2D eigenvalue weighted by Crippen LogP contribution is 2.37. The smallest absolute Gasteiger partial charge is 0.143 e. The first kappa shape index (κ1) is 14.4. The summed E-state index contributed by atoms with van der Waals surface area (Å²) in [7, 11) is 0.